The van der Waals surface area contributed by atoms with Gasteiger partial charge in [0.15, 0.2) is 6.29 Å². The van der Waals surface area contributed by atoms with Gasteiger partial charge in [0.1, 0.15) is 0 Å². The molecule has 13 heavy (non-hydrogen) atoms. The van der Waals surface area contributed by atoms with Crippen LogP contribution in [0.4, 0.5) is 0 Å². The van der Waals surface area contributed by atoms with Crippen molar-refractivity contribution in [3.8, 4) is 0 Å². The standard InChI is InChI=1S/C11H11BrO/c1-9-4-5-10(3-2-6-12)11(7-9)8-13/h2-5,7-8H,6H2,1H3. The van der Waals surface area contributed by atoms with Crippen LogP contribution >= 0.6 is 15.9 Å². The zero-order valence-corrected chi connectivity index (χ0v) is 9.04. The highest BCUT2D eigenvalue weighted by atomic mass is 79.9. The van der Waals surface area contributed by atoms with Gasteiger partial charge in [-0.25, -0.2) is 0 Å². The van der Waals surface area contributed by atoms with E-state index in [1.54, 1.807) is 0 Å². The Morgan fingerprint density at radius 1 is 1.38 bits per heavy atom. The van der Waals surface area contributed by atoms with Gasteiger partial charge in [-0.1, -0.05) is 45.8 Å². The van der Waals surface area contributed by atoms with Crippen molar-refractivity contribution >= 4 is 28.3 Å². The smallest absolute Gasteiger partial charge is 0.150 e. The van der Waals surface area contributed by atoms with Crippen molar-refractivity contribution < 1.29 is 4.79 Å². The first-order valence-corrected chi connectivity index (χ1v) is 5.18. The highest BCUT2D eigenvalue weighted by Crippen LogP contribution is 2.11. The molecule has 0 heterocycles. The summed E-state index contributed by atoms with van der Waals surface area (Å²) in [5, 5.41) is 0.805. The number of aldehydes is 1. The quantitative estimate of drug-likeness (QED) is 0.584. The van der Waals surface area contributed by atoms with Gasteiger partial charge in [0.25, 0.3) is 0 Å². The first-order valence-electron chi connectivity index (χ1n) is 4.06. The van der Waals surface area contributed by atoms with Gasteiger partial charge in [0.2, 0.25) is 0 Å². The average Bonchev–Trinajstić information content (AvgIpc) is 2.16. The lowest BCUT2D eigenvalue weighted by Crippen LogP contribution is -1.87. The van der Waals surface area contributed by atoms with E-state index in [2.05, 4.69) is 15.9 Å². The number of aryl methyl sites for hydroxylation is 1. The Morgan fingerprint density at radius 2 is 2.15 bits per heavy atom. The second-order valence-corrected chi connectivity index (χ2v) is 3.45. The zero-order valence-electron chi connectivity index (χ0n) is 7.46. The Hall–Kier alpha value is -0.890. The molecule has 0 fully saturated rings. The number of hydrogen-bond donors (Lipinski definition) is 0. The van der Waals surface area contributed by atoms with Crippen molar-refractivity contribution in [2.45, 2.75) is 6.92 Å². The second-order valence-electron chi connectivity index (χ2n) is 2.81. The van der Waals surface area contributed by atoms with Gasteiger partial charge in [-0.05, 0) is 18.6 Å². The Balaban J connectivity index is 3.06. The van der Waals surface area contributed by atoms with Crippen molar-refractivity contribution in [1.29, 1.82) is 0 Å². The highest BCUT2D eigenvalue weighted by Gasteiger charge is 1.97. The van der Waals surface area contributed by atoms with Crippen LogP contribution in [0.15, 0.2) is 24.3 Å². The summed E-state index contributed by atoms with van der Waals surface area (Å²) in [5.41, 5.74) is 2.83. The van der Waals surface area contributed by atoms with E-state index in [0.29, 0.717) is 0 Å². The fourth-order valence-electron chi connectivity index (χ4n) is 1.12. The summed E-state index contributed by atoms with van der Waals surface area (Å²) >= 11 is 3.29. The SMILES string of the molecule is Cc1ccc(C=CCBr)c(C=O)c1. The lowest BCUT2D eigenvalue weighted by molar-refractivity contribution is 0.112. The fourth-order valence-corrected chi connectivity index (χ4v) is 1.31. The van der Waals surface area contributed by atoms with Crippen LogP contribution in [-0.2, 0) is 0 Å². The summed E-state index contributed by atoms with van der Waals surface area (Å²) in [4.78, 5) is 10.7. The Kier molecular flexibility index (Phi) is 3.90. The fraction of sp³-hybridized carbons (Fsp3) is 0.182. The van der Waals surface area contributed by atoms with Crippen LogP contribution in [0.3, 0.4) is 0 Å². The van der Waals surface area contributed by atoms with Crippen LogP contribution in [0, 0.1) is 6.92 Å². The third-order valence-corrected chi connectivity index (χ3v) is 2.13. The third-order valence-electron chi connectivity index (χ3n) is 1.76. The molecular formula is C11H11BrO. The van der Waals surface area contributed by atoms with Crippen molar-refractivity contribution in [3.05, 3.63) is 41.0 Å². The molecule has 1 nitrogen and oxygen atoms in total. The van der Waals surface area contributed by atoms with Crippen molar-refractivity contribution in [1.82, 2.24) is 0 Å². The second kappa shape index (κ2) is 4.97. The van der Waals surface area contributed by atoms with Gasteiger partial charge in [-0.3, -0.25) is 4.79 Å². The van der Waals surface area contributed by atoms with Crippen molar-refractivity contribution in [2.24, 2.45) is 0 Å². The normalized spacial score (nSPS) is 10.6. The van der Waals surface area contributed by atoms with Gasteiger partial charge in [0.05, 0.1) is 0 Å². The van der Waals surface area contributed by atoms with Crippen LogP contribution in [0.1, 0.15) is 21.5 Å². The molecule has 0 saturated heterocycles. The van der Waals surface area contributed by atoms with E-state index in [1.165, 1.54) is 0 Å². The Morgan fingerprint density at radius 3 is 2.77 bits per heavy atom. The number of carbonyl (C=O) groups excluding carboxylic acids is 1. The van der Waals surface area contributed by atoms with Crippen molar-refractivity contribution in [3.63, 3.8) is 0 Å². The van der Waals surface area contributed by atoms with Crippen LogP contribution in [0.5, 0.6) is 0 Å². The van der Waals surface area contributed by atoms with Gasteiger partial charge < -0.3 is 0 Å². The molecule has 0 aromatic heterocycles. The van der Waals surface area contributed by atoms with Gasteiger partial charge >= 0.3 is 0 Å². The van der Waals surface area contributed by atoms with E-state index >= 15 is 0 Å². The number of alkyl halides is 1. The van der Waals surface area contributed by atoms with E-state index in [1.807, 2.05) is 37.3 Å². The zero-order chi connectivity index (χ0) is 9.68. The Labute approximate surface area is 86.6 Å². The van der Waals surface area contributed by atoms with Crippen molar-refractivity contribution in [2.75, 3.05) is 5.33 Å². The van der Waals surface area contributed by atoms with E-state index in [0.717, 1.165) is 28.3 Å². The number of halogens is 1. The molecule has 0 bridgehead atoms. The lowest BCUT2D eigenvalue weighted by atomic mass is 10.1. The van der Waals surface area contributed by atoms with Crippen LogP contribution in [-0.4, -0.2) is 11.6 Å². The molecule has 0 aliphatic carbocycles. The van der Waals surface area contributed by atoms with E-state index in [9.17, 15) is 4.79 Å². The maximum absolute atomic E-state index is 10.7. The van der Waals surface area contributed by atoms with E-state index in [4.69, 9.17) is 0 Å². The lowest BCUT2D eigenvalue weighted by Gasteiger charge is -1.99. The third kappa shape index (κ3) is 2.81. The molecule has 1 aromatic rings. The maximum atomic E-state index is 10.7. The van der Waals surface area contributed by atoms with Gasteiger partial charge in [-0.15, -0.1) is 0 Å². The molecule has 0 saturated carbocycles. The molecule has 0 radical (unpaired) electrons. The number of rotatable bonds is 3. The molecule has 0 aliphatic rings. The van der Waals surface area contributed by atoms with Crippen LogP contribution in [0.2, 0.25) is 0 Å². The van der Waals surface area contributed by atoms with Crippen LogP contribution in [0.25, 0.3) is 6.08 Å². The maximum Gasteiger partial charge on any atom is 0.150 e. The molecule has 1 rings (SSSR count). The predicted octanol–water partition coefficient (Wildman–Crippen LogP) is 3.22. The van der Waals surface area contributed by atoms with Crippen LogP contribution < -0.4 is 0 Å². The molecule has 0 unspecified atom stereocenters. The average molecular weight is 239 g/mol. The van der Waals surface area contributed by atoms with E-state index < -0.39 is 0 Å². The topological polar surface area (TPSA) is 17.1 Å². The Bertz CT molecular complexity index is 329. The molecule has 68 valence electrons. The predicted molar refractivity (Wildman–Crippen MR) is 59.4 cm³/mol. The molecule has 0 N–H and O–H groups in total. The van der Waals surface area contributed by atoms with E-state index in [-0.39, 0.29) is 0 Å². The first-order chi connectivity index (χ1) is 6.27. The molecular weight excluding hydrogens is 228 g/mol. The number of allylic oxidation sites excluding steroid dienone is 1. The summed E-state index contributed by atoms with van der Waals surface area (Å²) in [6, 6.07) is 5.85. The summed E-state index contributed by atoms with van der Waals surface area (Å²) in [7, 11) is 0. The number of benzene rings is 1. The molecule has 0 atom stereocenters. The minimum absolute atomic E-state index is 0.747. The monoisotopic (exact) mass is 238 g/mol. The van der Waals surface area contributed by atoms with Gasteiger partial charge in [0, 0.05) is 10.9 Å². The summed E-state index contributed by atoms with van der Waals surface area (Å²) in [6.07, 6.45) is 4.80. The van der Waals surface area contributed by atoms with Gasteiger partial charge in [-0.2, -0.15) is 0 Å². The summed E-state index contributed by atoms with van der Waals surface area (Å²) < 4.78 is 0. The molecule has 0 amide bonds. The number of carbonyl (C=O) groups is 1. The first kappa shape index (κ1) is 10.2. The molecule has 1 aromatic carbocycles. The summed E-state index contributed by atoms with van der Waals surface area (Å²) in [6.45, 7) is 1.98. The molecule has 2 heteroatoms. The minimum Gasteiger partial charge on any atom is -0.298 e. The minimum atomic E-state index is 0.747. The summed E-state index contributed by atoms with van der Waals surface area (Å²) in [5.74, 6) is 0. The number of hydrogen-bond acceptors (Lipinski definition) is 1. The molecule has 0 spiro atoms. The molecule has 0 aliphatic heterocycles. The highest BCUT2D eigenvalue weighted by molar-refractivity contribution is 9.09. The largest absolute Gasteiger partial charge is 0.298 e.